The third-order valence-corrected chi connectivity index (χ3v) is 5.08. The van der Waals surface area contributed by atoms with Gasteiger partial charge in [0.2, 0.25) is 11.9 Å². The van der Waals surface area contributed by atoms with Gasteiger partial charge in [-0.05, 0) is 42.8 Å². The number of halogens is 2. The van der Waals surface area contributed by atoms with Crippen LogP contribution in [0.5, 0.6) is 0 Å². The first-order chi connectivity index (χ1) is 11.2. The summed E-state index contributed by atoms with van der Waals surface area (Å²) in [5, 5.41) is 3.34. The molecule has 2 N–H and O–H groups in total. The molecule has 0 amide bonds. The Kier molecular flexibility index (Phi) is 3.87. The minimum atomic E-state index is -0.661. The number of fused-ring (bicyclic) bond motifs is 1. The number of guanidine groups is 1. The van der Waals surface area contributed by atoms with Crippen LogP contribution in [0, 0.1) is 11.9 Å². The standard InChI is InChI=1S/C16H14ClFN4S/c17-13-10(6-7-19-15(13)18)11-2-1-3-12-14(11)21-16(22-23-12)20-8-9-4-5-9/h1-3,6-7,9H,4-5,8H2,(H2,20,21,22). The van der Waals surface area contributed by atoms with Gasteiger partial charge in [0, 0.05) is 23.9 Å². The number of aromatic nitrogens is 1. The van der Waals surface area contributed by atoms with E-state index in [0.717, 1.165) is 34.6 Å². The fourth-order valence-electron chi connectivity index (χ4n) is 2.44. The summed E-state index contributed by atoms with van der Waals surface area (Å²) in [6, 6.07) is 7.55. The van der Waals surface area contributed by atoms with Gasteiger partial charge in [-0.1, -0.05) is 23.7 Å². The summed E-state index contributed by atoms with van der Waals surface area (Å²) in [5.74, 6) is 0.787. The lowest BCUT2D eigenvalue weighted by Gasteiger charge is -2.23. The lowest BCUT2D eigenvalue weighted by molar-refractivity contribution is 0.585. The van der Waals surface area contributed by atoms with Crippen molar-refractivity contribution in [2.45, 2.75) is 17.7 Å². The van der Waals surface area contributed by atoms with E-state index in [1.54, 1.807) is 6.07 Å². The van der Waals surface area contributed by atoms with Crippen LogP contribution in [0.25, 0.3) is 11.1 Å². The van der Waals surface area contributed by atoms with Crippen molar-refractivity contribution in [1.82, 2.24) is 9.71 Å². The second-order valence-corrected chi connectivity index (χ2v) is 6.83. The van der Waals surface area contributed by atoms with E-state index >= 15 is 0 Å². The number of nitrogens with one attached hydrogen (secondary N) is 2. The molecule has 0 bridgehead atoms. The average Bonchev–Trinajstić information content (AvgIpc) is 3.39. The molecule has 1 fully saturated rings. The zero-order chi connectivity index (χ0) is 15.8. The van der Waals surface area contributed by atoms with E-state index < -0.39 is 5.95 Å². The van der Waals surface area contributed by atoms with Crippen molar-refractivity contribution >= 4 is 35.2 Å². The summed E-state index contributed by atoms with van der Waals surface area (Å²) in [6.07, 6.45) is 3.95. The maximum atomic E-state index is 13.7. The third kappa shape index (κ3) is 3.01. The number of anilines is 1. The molecule has 1 aliphatic carbocycles. The van der Waals surface area contributed by atoms with Gasteiger partial charge in [-0.2, -0.15) is 4.39 Å². The predicted octanol–water partition coefficient (Wildman–Crippen LogP) is 4.33. The maximum Gasteiger partial charge on any atom is 0.232 e. The number of benzene rings is 1. The number of rotatable bonds is 3. The van der Waals surface area contributed by atoms with E-state index in [-0.39, 0.29) is 5.02 Å². The Morgan fingerprint density at radius 2 is 2.17 bits per heavy atom. The molecular formula is C16H14ClFN4S. The molecule has 0 saturated heterocycles. The Morgan fingerprint density at radius 1 is 1.30 bits per heavy atom. The molecular weight excluding hydrogens is 335 g/mol. The van der Waals surface area contributed by atoms with Crippen molar-refractivity contribution < 1.29 is 4.39 Å². The largest absolute Gasteiger partial charge is 0.324 e. The average molecular weight is 349 g/mol. The molecule has 1 aromatic carbocycles. The fourth-order valence-corrected chi connectivity index (χ4v) is 3.38. The van der Waals surface area contributed by atoms with Crippen LogP contribution < -0.4 is 10.0 Å². The zero-order valence-electron chi connectivity index (χ0n) is 12.1. The van der Waals surface area contributed by atoms with Crippen molar-refractivity contribution in [2.75, 3.05) is 11.9 Å². The van der Waals surface area contributed by atoms with Crippen molar-refractivity contribution in [3.05, 3.63) is 41.4 Å². The number of hydrogen-bond acceptors (Lipinski definition) is 3. The van der Waals surface area contributed by atoms with E-state index in [1.165, 1.54) is 31.0 Å². The Morgan fingerprint density at radius 3 is 3.00 bits per heavy atom. The van der Waals surface area contributed by atoms with E-state index in [4.69, 9.17) is 11.6 Å². The SMILES string of the molecule is Fc1nccc(-c2cccc3c2NC(=NCC2CC2)NS3)c1Cl. The molecule has 7 heteroatoms. The molecule has 0 spiro atoms. The van der Waals surface area contributed by atoms with Gasteiger partial charge in [0.1, 0.15) is 5.02 Å². The summed E-state index contributed by atoms with van der Waals surface area (Å²) in [5.41, 5.74) is 2.34. The molecule has 4 rings (SSSR count). The number of aliphatic imine (C=N–C) groups is 1. The van der Waals surface area contributed by atoms with Crippen LogP contribution >= 0.6 is 23.5 Å². The number of pyridine rings is 1. The predicted molar refractivity (Wildman–Crippen MR) is 92.3 cm³/mol. The molecule has 1 aliphatic heterocycles. The molecule has 0 radical (unpaired) electrons. The van der Waals surface area contributed by atoms with Crippen molar-refractivity contribution in [2.24, 2.45) is 10.9 Å². The van der Waals surface area contributed by atoms with Crippen molar-refractivity contribution in [3.8, 4) is 11.1 Å². The van der Waals surface area contributed by atoms with Crippen LogP contribution in [0.4, 0.5) is 10.1 Å². The van der Waals surface area contributed by atoms with Gasteiger partial charge in [0.15, 0.2) is 0 Å². The first-order valence-electron chi connectivity index (χ1n) is 7.40. The smallest absolute Gasteiger partial charge is 0.232 e. The van der Waals surface area contributed by atoms with Gasteiger partial charge in [-0.3, -0.25) is 9.71 Å². The lowest BCUT2D eigenvalue weighted by Crippen LogP contribution is -2.30. The second kappa shape index (κ2) is 6.02. The van der Waals surface area contributed by atoms with E-state index in [1.807, 2.05) is 18.2 Å². The van der Waals surface area contributed by atoms with Crippen molar-refractivity contribution in [3.63, 3.8) is 0 Å². The highest BCUT2D eigenvalue weighted by molar-refractivity contribution is 7.98. The minimum absolute atomic E-state index is 0.0303. The summed E-state index contributed by atoms with van der Waals surface area (Å²) in [6.45, 7) is 0.831. The molecule has 0 unspecified atom stereocenters. The monoisotopic (exact) mass is 348 g/mol. The van der Waals surface area contributed by atoms with Gasteiger partial charge in [-0.25, -0.2) is 4.98 Å². The molecule has 1 aromatic heterocycles. The molecule has 2 heterocycles. The number of nitrogens with zero attached hydrogens (tertiary/aromatic N) is 2. The third-order valence-electron chi connectivity index (χ3n) is 3.87. The summed E-state index contributed by atoms with van der Waals surface area (Å²) in [4.78, 5) is 9.18. The topological polar surface area (TPSA) is 49.3 Å². The van der Waals surface area contributed by atoms with Gasteiger partial charge in [0.05, 0.1) is 10.6 Å². The summed E-state index contributed by atoms with van der Waals surface area (Å²) in [7, 11) is 0. The van der Waals surface area contributed by atoms with Crippen LogP contribution in [-0.2, 0) is 0 Å². The Balaban J connectivity index is 1.72. The highest BCUT2D eigenvalue weighted by Crippen LogP contribution is 2.40. The highest BCUT2D eigenvalue weighted by Gasteiger charge is 2.23. The quantitative estimate of drug-likeness (QED) is 0.640. The normalized spacial score (nSPS) is 18.3. The van der Waals surface area contributed by atoms with E-state index in [2.05, 4.69) is 20.0 Å². The molecule has 2 aliphatic rings. The van der Waals surface area contributed by atoms with Crippen LogP contribution in [0.15, 0.2) is 40.4 Å². The Bertz CT molecular complexity index is 792. The Labute approximate surface area is 142 Å². The van der Waals surface area contributed by atoms with Gasteiger partial charge < -0.3 is 5.32 Å². The van der Waals surface area contributed by atoms with Crippen molar-refractivity contribution in [1.29, 1.82) is 0 Å². The van der Waals surface area contributed by atoms with Crippen LogP contribution in [0.2, 0.25) is 5.02 Å². The fraction of sp³-hybridized carbons (Fsp3) is 0.250. The van der Waals surface area contributed by atoms with Crippen LogP contribution in [0.3, 0.4) is 0 Å². The number of hydrogen-bond donors (Lipinski definition) is 2. The van der Waals surface area contributed by atoms with Gasteiger partial charge in [-0.15, -0.1) is 0 Å². The van der Waals surface area contributed by atoms with Crippen LogP contribution in [0.1, 0.15) is 12.8 Å². The van der Waals surface area contributed by atoms with Crippen LogP contribution in [-0.4, -0.2) is 17.5 Å². The molecule has 1 saturated carbocycles. The van der Waals surface area contributed by atoms with E-state index in [9.17, 15) is 4.39 Å². The summed E-state index contributed by atoms with van der Waals surface area (Å²) < 4.78 is 16.9. The lowest BCUT2D eigenvalue weighted by atomic mass is 10.0. The molecule has 23 heavy (non-hydrogen) atoms. The summed E-state index contributed by atoms with van der Waals surface area (Å²) >= 11 is 7.59. The molecule has 0 atom stereocenters. The van der Waals surface area contributed by atoms with E-state index in [0.29, 0.717) is 5.56 Å². The first kappa shape index (κ1) is 14.8. The molecule has 4 nitrogen and oxygen atoms in total. The highest BCUT2D eigenvalue weighted by atomic mass is 35.5. The maximum absolute atomic E-state index is 13.7. The first-order valence-corrected chi connectivity index (χ1v) is 8.59. The van der Waals surface area contributed by atoms with Gasteiger partial charge >= 0.3 is 0 Å². The zero-order valence-corrected chi connectivity index (χ0v) is 13.7. The second-order valence-electron chi connectivity index (χ2n) is 5.60. The minimum Gasteiger partial charge on any atom is -0.324 e. The molecule has 118 valence electrons. The number of para-hydroxylation sites is 1. The Hall–Kier alpha value is -1.79. The molecule has 2 aromatic rings. The van der Waals surface area contributed by atoms with Gasteiger partial charge in [0.25, 0.3) is 0 Å².